The molecule has 0 saturated carbocycles. The highest BCUT2D eigenvalue weighted by Crippen LogP contribution is 2.37. The maximum Gasteiger partial charge on any atom is 0.335 e. The topological polar surface area (TPSA) is 110 Å². The number of hydrogen-bond acceptors (Lipinski definition) is 6. The normalized spacial score (nSPS) is 9.67. The van der Waals surface area contributed by atoms with Crippen molar-refractivity contribution in [3.63, 3.8) is 0 Å². The fourth-order valence-corrected chi connectivity index (χ4v) is 1.17. The van der Waals surface area contributed by atoms with Gasteiger partial charge in [-0.2, -0.15) is 0 Å². The number of phenols is 1. The van der Waals surface area contributed by atoms with Gasteiger partial charge in [-0.1, -0.05) is 0 Å². The number of esters is 2. The van der Waals surface area contributed by atoms with Gasteiger partial charge in [0.05, 0.1) is 5.56 Å². The smallest absolute Gasteiger partial charge is 0.335 e. The van der Waals surface area contributed by atoms with E-state index in [0.29, 0.717) is 0 Å². The van der Waals surface area contributed by atoms with E-state index >= 15 is 0 Å². The highest BCUT2D eigenvalue weighted by atomic mass is 16.6. The summed E-state index contributed by atoms with van der Waals surface area (Å²) in [6.07, 6.45) is 0. The lowest BCUT2D eigenvalue weighted by atomic mass is 10.2. The molecule has 0 radical (unpaired) electrons. The van der Waals surface area contributed by atoms with Gasteiger partial charge < -0.3 is 19.7 Å². The van der Waals surface area contributed by atoms with Crippen LogP contribution in [-0.2, 0) is 9.59 Å². The molecule has 1 rings (SSSR count). The number of ether oxygens (including phenoxy) is 2. The molecule has 0 fully saturated rings. The van der Waals surface area contributed by atoms with Crippen LogP contribution >= 0.6 is 0 Å². The molecule has 0 aliphatic heterocycles. The summed E-state index contributed by atoms with van der Waals surface area (Å²) in [7, 11) is 0. The second kappa shape index (κ2) is 5.17. The quantitative estimate of drug-likeness (QED) is 0.610. The molecule has 7 nitrogen and oxygen atoms in total. The maximum atomic E-state index is 10.8. The molecule has 7 heteroatoms. The first-order chi connectivity index (χ1) is 8.31. The molecule has 0 saturated heterocycles. The molecule has 0 spiro atoms. The van der Waals surface area contributed by atoms with Crippen molar-refractivity contribution < 1.29 is 34.1 Å². The van der Waals surface area contributed by atoms with E-state index in [1.807, 2.05) is 0 Å². The summed E-state index contributed by atoms with van der Waals surface area (Å²) in [6, 6.07) is 1.90. The number of carbonyl (C=O) groups excluding carboxylic acids is 2. The Morgan fingerprint density at radius 3 is 1.67 bits per heavy atom. The van der Waals surface area contributed by atoms with Gasteiger partial charge in [0.25, 0.3) is 0 Å². The third-order valence-corrected chi connectivity index (χ3v) is 1.79. The highest BCUT2D eigenvalue weighted by molar-refractivity contribution is 5.90. The van der Waals surface area contributed by atoms with Gasteiger partial charge in [-0.3, -0.25) is 9.59 Å². The first-order valence-corrected chi connectivity index (χ1v) is 4.78. The summed E-state index contributed by atoms with van der Waals surface area (Å²) < 4.78 is 9.23. The third-order valence-electron chi connectivity index (χ3n) is 1.79. The Hall–Kier alpha value is -2.57. The van der Waals surface area contributed by atoms with Crippen LogP contribution in [0, 0.1) is 0 Å². The van der Waals surface area contributed by atoms with Crippen molar-refractivity contribution in [3.8, 4) is 17.2 Å². The van der Waals surface area contributed by atoms with Crippen LogP contribution < -0.4 is 9.47 Å². The number of phenolic OH excluding ortho intramolecular Hbond substituents is 1. The minimum atomic E-state index is -1.32. The van der Waals surface area contributed by atoms with Crippen LogP contribution in [0.25, 0.3) is 0 Å². The molecule has 1 aromatic carbocycles. The number of carboxylic acid groups (broad SMARTS) is 1. The molecule has 0 atom stereocenters. The molecule has 0 aliphatic rings. The Labute approximate surface area is 102 Å². The Kier molecular flexibility index (Phi) is 3.88. The van der Waals surface area contributed by atoms with Crippen LogP contribution in [0.4, 0.5) is 0 Å². The third kappa shape index (κ3) is 3.21. The summed E-state index contributed by atoms with van der Waals surface area (Å²) in [5.41, 5.74) is -0.291. The van der Waals surface area contributed by atoms with Gasteiger partial charge in [0, 0.05) is 13.8 Å². The highest BCUT2D eigenvalue weighted by Gasteiger charge is 2.18. The van der Waals surface area contributed by atoms with E-state index in [4.69, 9.17) is 5.11 Å². The Morgan fingerprint density at radius 1 is 1.00 bits per heavy atom. The lowest BCUT2D eigenvalue weighted by Crippen LogP contribution is -2.07. The minimum absolute atomic E-state index is 0.291. The summed E-state index contributed by atoms with van der Waals surface area (Å²) in [4.78, 5) is 32.4. The molecule has 0 heterocycles. The lowest BCUT2D eigenvalue weighted by molar-refractivity contribution is -0.132. The average molecular weight is 254 g/mol. The Bertz CT molecular complexity index is 481. The van der Waals surface area contributed by atoms with Crippen LogP contribution in [0.1, 0.15) is 24.2 Å². The van der Waals surface area contributed by atoms with E-state index in [2.05, 4.69) is 9.47 Å². The fourth-order valence-electron chi connectivity index (χ4n) is 1.17. The van der Waals surface area contributed by atoms with Crippen LogP contribution in [0.15, 0.2) is 12.1 Å². The van der Waals surface area contributed by atoms with Gasteiger partial charge in [-0.15, -0.1) is 0 Å². The summed E-state index contributed by atoms with van der Waals surface area (Å²) >= 11 is 0. The van der Waals surface area contributed by atoms with Crippen LogP contribution in [0.2, 0.25) is 0 Å². The number of carbonyl (C=O) groups is 3. The van der Waals surface area contributed by atoms with Crippen LogP contribution in [0.5, 0.6) is 17.2 Å². The standard InChI is InChI=1S/C11H10O7/c1-5(12)17-8-3-7(11(15)16)4-9(10(8)14)18-6(2)13/h3-4,14H,1-2H3,(H,15,16). The monoisotopic (exact) mass is 254 g/mol. The fraction of sp³-hybridized carbons (Fsp3) is 0.182. The molecule has 0 bridgehead atoms. The SMILES string of the molecule is CC(=O)Oc1cc(C(=O)O)cc(OC(C)=O)c1O. The molecule has 0 unspecified atom stereocenters. The second-order valence-corrected chi connectivity index (χ2v) is 3.31. The predicted molar refractivity (Wildman–Crippen MR) is 57.7 cm³/mol. The van der Waals surface area contributed by atoms with E-state index in [0.717, 1.165) is 26.0 Å². The predicted octanol–water partition coefficient (Wildman–Crippen LogP) is 0.941. The molecular formula is C11H10O7. The van der Waals surface area contributed by atoms with Crippen LogP contribution in [-0.4, -0.2) is 28.1 Å². The first kappa shape index (κ1) is 13.5. The van der Waals surface area contributed by atoms with Crippen LogP contribution in [0.3, 0.4) is 0 Å². The van der Waals surface area contributed by atoms with E-state index in [1.165, 1.54) is 0 Å². The minimum Gasteiger partial charge on any atom is -0.502 e. The van der Waals surface area contributed by atoms with Gasteiger partial charge in [0.2, 0.25) is 5.75 Å². The van der Waals surface area contributed by atoms with E-state index in [1.54, 1.807) is 0 Å². The summed E-state index contributed by atoms with van der Waals surface area (Å²) in [6.45, 7) is 2.16. The molecule has 0 aliphatic carbocycles. The average Bonchev–Trinajstić information content (AvgIpc) is 2.22. The van der Waals surface area contributed by atoms with Crippen molar-refractivity contribution >= 4 is 17.9 Å². The van der Waals surface area contributed by atoms with Gasteiger partial charge in [-0.25, -0.2) is 4.79 Å². The molecule has 1 aromatic rings. The van der Waals surface area contributed by atoms with Crippen molar-refractivity contribution in [2.75, 3.05) is 0 Å². The Morgan fingerprint density at radius 2 is 1.39 bits per heavy atom. The van der Waals surface area contributed by atoms with E-state index in [-0.39, 0.29) is 5.56 Å². The molecular weight excluding hydrogens is 244 g/mol. The second-order valence-electron chi connectivity index (χ2n) is 3.31. The van der Waals surface area contributed by atoms with Gasteiger partial charge in [0.1, 0.15) is 0 Å². The zero-order valence-corrected chi connectivity index (χ0v) is 9.59. The van der Waals surface area contributed by atoms with Crippen molar-refractivity contribution in [2.24, 2.45) is 0 Å². The van der Waals surface area contributed by atoms with Gasteiger partial charge in [0.15, 0.2) is 11.5 Å². The van der Waals surface area contributed by atoms with Crippen molar-refractivity contribution in [3.05, 3.63) is 17.7 Å². The van der Waals surface area contributed by atoms with E-state index < -0.39 is 35.2 Å². The molecule has 2 N–H and O–H groups in total. The van der Waals surface area contributed by atoms with Crippen molar-refractivity contribution in [1.82, 2.24) is 0 Å². The van der Waals surface area contributed by atoms with Crippen molar-refractivity contribution in [1.29, 1.82) is 0 Å². The lowest BCUT2D eigenvalue weighted by Gasteiger charge is -2.10. The zero-order valence-electron chi connectivity index (χ0n) is 9.59. The Balaban J connectivity index is 3.32. The molecule has 96 valence electrons. The summed E-state index contributed by atoms with van der Waals surface area (Å²) in [5.74, 6) is -4.22. The van der Waals surface area contributed by atoms with Crippen molar-refractivity contribution in [2.45, 2.75) is 13.8 Å². The summed E-state index contributed by atoms with van der Waals surface area (Å²) in [5, 5.41) is 18.5. The van der Waals surface area contributed by atoms with E-state index in [9.17, 15) is 19.5 Å². The molecule has 0 amide bonds. The largest absolute Gasteiger partial charge is 0.502 e. The molecule has 0 aromatic heterocycles. The number of aromatic carboxylic acids is 1. The number of hydrogen-bond donors (Lipinski definition) is 2. The number of aromatic hydroxyl groups is 1. The number of rotatable bonds is 3. The maximum absolute atomic E-state index is 10.8. The zero-order chi connectivity index (χ0) is 13.9. The van der Waals surface area contributed by atoms with Gasteiger partial charge in [-0.05, 0) is 12.1 Å². The number of carboxylic acids is 1. The number of benzene rings is 1. The molecule has 18 heavy (non-hydrogen) atoms. The first-order valence-electron chi connectivity index (χ1n) is 4.78. The van der Waals surface area contributed by atoms with Gasteiger partial charge >= 0.3 is 17.9 Å².